The Morgan fingerprint density at radius 2 is 1.32 bits per heavy atom. The summed E-state index contributed by atoms with van der Waals surface area (Å²) >= 11 is 0. The van der Waals surface area contributed by atoms with Crippen LogP contribution >= 0.6 is 0 Å². The van der Waals surface area contributed by atoms with Crippen LogP contribution in [0.2, 0.25) is 0 Å². The number of carbonyl (C=O) groups is 2. The van der Waals surface area contributed by atoms with Gasteiger partial charge in [-0.3, -0.25) is 19.7 Å². The second-order valence-electron chi connectivity index (χ2n) is 18.1. The minimum atomic E-state index is -0.885. The van der Waals surface area contributed by atoms with Crippen molar-refractivity contribution in [2.75, 3.05) is 19.0 Å². The van der Waals surface area contributed by atoms with E-state index in [1.54, 1.807) is 12.3 Å². The maximum atomic E-state index is 13.6. The molecule has 5 aromatic carbocycles. The predicted octanol–water partition coefficient (Wildman–Crippen LogP) is 13.7. The Balaban J connectivity index is 0.000000235. The molecule has 7 aromatic rings. The second-order valence-corrected chi connectivity index (χ2v) is 18.1. The molecule has 2 heterocycles. The van der Waals surface area contributed by atoms with Gasteiger partial charge in [0.15, 0.2) is 29.0 Å². The zero-order chi connectivity index (χ0) is 50.9. The molecule has 0 aliphatic heterocycles. The lowest BCUT2D eigenvalue weighted by Gasteiger charge is -2.20. The molecule has 10 nitrogen and oxygen atoms in total. The number of aromatic nitrogens is 2. The van der Waals surface area contributed by atoms with Gasteiger partial charge < -0.3 is 18.9 Å². The minimum Gasteiger partial charge on any atom is -0.364 e. The first-order valence-electron chi connectivity index (χ1n) is 24.1. The van der Waals surface area contributed by atoms with Gasteiger partial charge in [-0.05, 0) is 90.8 Å². The molecule has 0 spiro atoms. The van der Waals surface area contributed by atoms with Crippen molar-refractivity contribution in [3.63, 3.8) is 0 Å². The Kier molecular flexibility index (Phi) is 19.1. The zero-order valence-corrected chi connectivity index (χ0v) is 41.5. The van der Waals surface area contributed by atoms with Crippen molar-refractivity contribution >= 4 is 29.3 Å². The van der Waals surface area contributed by atoms with Crippen LogP contribution in [0.25, 0.3) is 0 Å². The number of unbranched alkanes of at least 4 members (excludes halogenated alkanes) is 1. The molecule has 0 atom stereocenters. The van der Waals surface area contributed by atoms with Gasteiger partial charge in [0.2, 0.25) is 0 Å². The van der Waals surface area contributed by atoms with Gasteiger partial charge in [-0.1, -0.05) is 141 Å². The third kappa shape index (κ3) is 14.9. The number of ketones is 2. The molecule has 2 aromatic heterocycles. The molecule has 0 saturated carbocycles. The van der Waals surface area contributed by atoms with Crippen molar-refractivity contribution in [3.8, 4) is 5.75 Å². The maximum Gasteiger partial charge on any atom is 0.269 e. The van der Waals surface area contributed by atoms with E-state index in [1.807, 2.05) is 105 Å². The van der Waals surface area contributed by atoms with Crippen molar-refractivity contribution in [1.82, 2.24) is 9.13 Å². The molecular formula is C59H63F2N5O5. The molecule has 12 heteroatoms. The zero-order valence-electron chi connectivity index (χ0n) is 41.5. The smallest absolute Gasteiger partial charge is 0.269 e. The van der Waals surface area contributed by atoms with E-state index >= 15 is 0 Å². The minimum absolute atomic E-state index is 0.00553. The van der Waals surface area contributed by atoms with Gasteiger partial charge in [0, 0.05) is 75.5 Å². The fraction of sp³-hybridized carbons (Fsp3) is 0.271. The Morgan fingerprint density at radius 1 is 0.718 bits per heavy atom. The third-order valence-electron chi connectivity index (χ3n) is 12.0. The first kappa shape index (κ1) is 52.6. The van der Waals surface area contributed by atoms with E-state index in [-0.39, 0.29) is 36.0 Å². The highest BCUT2D eigenvalue weighted by Crippen LogP contribution is 2.30. The van der Waals surface area contributed by atoms with E-state index in [4.69, 9.17) is 4.84 Å². The van der Waals surface area contributed by atoms with E-state index in [9.17, 15) is 28.5 Å². The molecule has 7 rings (SSSR count). The summed E-state index contributed by atoms with van der Waals surface area (Å²) in [7, 11) is 3.89. The first-order valence-corrected chi connectivity index (χ1v) is 24.1. The highest BCUT2D eigenvalue weighted by atomic mass is 19.2. The normalized spacial score (nSPS) is 11.3. The van der Waals surface area contributed by atoms with Crippen LogP contribution in [0.4, 0.5) is 20.3 Å². The van der Waals surface area contributed by atoms with Crippen LogP contribution in [-0.2, 0) is 32.4 Å². The molecule has 0 bridgehead atoms. The molecule has 0 radical (unpaired) electrons. The fourth-order valence-corrected chi connectivity index (χ4v) is 8.40. The summed E-state index contributed by atoms with van der Waals surface area (Å²) in [5.41, 5.74) is 8.87. The van der Waals surface area contributed by atoms with Crippen LogP contribution in [0.3, 0.4) is 0 Å². The standard InChI is InChI=1S/C31H31N3O4.C28H32F2N2O/c1-22(2)31-29(30(35)17-14-24-10-7-11-26(18-24)34(36)37)19-27(33(31)21-25-8-5-4-6-9-25)20-32-38-28-15-12-23(3)13-16-28;1-4-5-6-10-13-23-19-24(27(33)17-15-21-14-16-25(29)26(30)18-21)28(31(2)3)32(23)20-22-11-8-7-9-12-22/h4-13,15-16,18-20,22H,14,17,21H2,1-3H3;6-12,14,16,18-19H,4-5,13,15,17,20H2,1-3H3/b32-20-;10-6+. The summed E-state index contributed by atoms with van der Waals surface area (Å²) < 4.78 is 31.1. The maximum absolute atomic E-state index is 13.6. The van der Waals surface area contributed by atoms with E-state index in [2.05, 4.69) is 71.5 Å². The largest absolute Gasteiger partial charge is 0.364 e. The average Bonchev–Trinajstić information content (AvgIpc) is 3.92. The molecule has 0 fully saturated rings. The van der Waals surface area contributed by atoms with E-state index < -0.39 is 16.6 Å². The quantitative estimate of drug-likeness (QED) is 0.0220. The van der Waals surface area contributed by atoms with Crippen molar-refractivity contribution in [2.24, 2.45) is 5.16 Å². The van der Waals surface area contributed by atoms with Crippen LogP contribution in [0.5, 0.6) is 5.75 Å². The Bertz CT molecular complexity index is 2940. The van der Waals surface area contributed by atoms with Crippen molar-refractivity contribution < 1.29 is 28.1 Å². The molecule has 0 unspecified atom stereocenters. The number of benzene rings is 5. The number of nitro benzene ring substituents is 1. The van der Waals surface area contributed by atoms with Crippen LogP contribution in [0, 0.1) is 28.7 Å². The molecule has 0 N–H and O–H groups in total. The molecule has 0 aliphatic carbocycles. The second kappa shape index (κ2) is 25.8. The van der Waals surface area contributed by atoms with Gasteiger partial charge in [0.1, 0.15) is 5.82 Å². The number of nitrogens with zero attached hydrogens (tertiary/aromatic N) is 5. The van der Waals surface area contributed by atoms with Gasteiger partial charge >= 0.3 is 0 Å². The number of carbonyl (C=O) groups excluding carboxylic acids is 2. The number of hydrogen-bond acceptors (Lipinski definition) is 7. The summed E-state index contributed by atoms with van der Waals surface area (Å²) in [5, 5.41) is 15.3. The number of rotatable bonds is 22. The molecule has 368 valence electrons. The number of hydrogen-bond donors (Lipinski definition) is 0. The summed E-state index contributed by atoms with van der Waals surface area (Å²) in [4.78, 5) is 45.0. The SMILES string of the molecule is CCC/C=C/Cc1cc(C(=O)CCc2ccc(F)c(F)c2)c(N(C)C)n1Cc1ccccc1.Cc1ccc(O/N=C\c2cc(C(=O)CCc3cccc([N+](=O)[O-])c3)c(C(C)C)n2Cc2ccccc2)cc1. The molecule has 0 saturated heterocycles. The number of oxime groups is 1. The fourth-order valence-electron chi connectivity index (χ4n) is 8.40. The van der Waals surface area contributed by atoms with Gasteiger partial charge in [-0.2, -0.15) is 0 Å². The first-order chi connectivity index (χ1) is 34.2. The predicted molar refractivity (Wildman–Crippen MR) is 280 cm³/mol. The summed E-state index contributed by atoms with van der Waals surface area (Å²) in [6.45, 7) is 9.54. The van der Waals surface area contributed by atoms with Gasteiger partial charge in [0.05, 0.1) is 22.4 Å². The number of allylic oxidation sites excluding steroid dienone is 2. The third-order valence-corrected chi connectivity index (χ3v) is 12.0. The molecule has 0 aliphatic rings. The van der Waals surface area contributed by atoms with Crippen LogP contribution in [0.15, 0.2) is 157 Å². The van der Waals surface area contributed by atoms with Crippen LogP contribution < -0.4 is 9.74 Å². The van der Waals surface area contributed by atoms with E-state index in [0.29, 0.717) is 48.4 Å². The van der Waals surface area contributed by atoms with Crippen LogP contribution in [0.1, 0.15) is 118 Å². The Labute approximate surface area is 416 Å². The summed E-state index contributed by atoms with van der Waals surface area (Å²) in [5.74, 6) is -0.202. The molecular weight excluding hydrogens is 897 g/mol. The molecule has 71 heavy (non-hydrogen) atoms. The summed E-state index contributed by atoms with van der Waals surface area (Å²) in [6, 6.07) is 42.0. The van der Waals surface area contributed by atoms with Crippen molar-refractivity contribution in [1.29, 1.82) is 0 Å². The lowest BCUT2D eigenvalue weighted by atomic mass is 9.98. The number of non-ortho nitro benzene ring substituents is 1. The van der Waals surface area contributed by atoms with Gasteiger partial charge in [-0.25, -0.2) is 8.78 Å². The van der Waals surface area contributed by atoms with Crippen molar-refractivity contribution in [3.05, 3.63) is 229 Å². The number of Topliss-reactive ketones (excluding diaryl/α,β-unsaturated/α-hetero) is 2. The van der Waals surface area contributed by atoms with Gasteiger partial charge in [0.25, 0.3) is 5.69 Å². The topological polar surface area (TPSA) is 112 Å². The Morgan fingerprint density at radius 3 is 1.92 bits per heavy atom. The number of anilines is 1. The number of halogens is 2. The summed E-state index contributed by atoms with van der Waals surface area (Å²) in [6.07, 6.45) is 10.1. The molecule has 0 amide bonds. The van der Waals surface area contributed by atoms with E-state index in [1.165, 1.54) is 24.3 Å². The number of nitro groups is 1. The lowest BCUT2D eigenvalue weighted by molar-refractivity contribution is -0.384. The highest BCUT2D eigenvalue weighted by Gasteiger charge is 2.24. The van der Waals surface area contributed by atoms with Crippen LogP contribution in [-0.4, -0.2) is 45.9 Å². The average molecular weight is 960 g/mol. The van der Waals surface area contributed by atoms with Crippen molar-refractivity contribution in [2.45, 2.75) is 91.6 Å². The highest BCUT2D eigenvalue weighted by molar-refractivity contribution is 6.01. The lowest BCUT2D eigenvalue weighted by Crippen LogP contribution is -2.19. The monoisotopic (exact) mass is 959 g/mol. The Hall–Kier alpha value is -7.73. The van der Waals surface area contributed by atoms with Gasteiger partial charge in [-0.15, -0.1) is 0 Å². The van der Waals surface area contributed by atoms with E-state index in [0.717, 1.165) is 70.5 Å². The number of aryl methyl sites for hydroxylation is 3.